The Morgan fingerprint density at radius 1 is 1.29 bits per heavy atom. The molecule has 2 unspecified atom stereocenters. The number of rotatable bonds is 5. The van der Waals surface area contributed by atoms with Gasteiger partial charge in [-0.25, -0.2) is 0 Å². The van der Waals surface area contributed by atoms with Crippen LogP contribution < -0.4 is 5.73 Å². The van der Waals surface area contributed by atoms with Gasteiger partial charge in [0.15, 0.2) is 5.78 Å². The Balaban J connectivity index is 3.05. The fraction of sp³-hybridized carbons (Fsp3) is 0.231. The molecule has 17 heavy (non-hydrogen) atoms. The van der Waals surface area contributed by atoms with Gasteiger partial charge in [-0.2, -0.15) is 0 Å². The monoisotopic (exact) mass is 233 g/mol. The van der Waals surface area contributed by atoms with E-state index in [0.717, 1.165) is 0 Å². The summed E-state index contributed by atoms with van der Waals surface area (Å²) in [6.07, 6.45) is 0. The van der Waals surface area contributed by atoms with Gasteiger partial charge in [-0.1, -0.05) is 36.9 Å². The van der Waals surface area contributed by atoms with Crippen molar-refractivity contribution in [2.75, 3.05) is 0 Å². The van der Waals surface area contributed by atoms with Gasteiger partial charge in [0.05, 0.1) is 6.04 Å². The van der Waals surface area contributed by atoms with Crippen molar-refractivity contribution in [1.29, 1.82) is 0 Å². The molecule has 2 atom stereocenters. The van der Waals surface area contributed by atoms with E-state index in [0.29, 0.717) is 5.56 Å². The van der Waals surface area contributed by atoms with E-state index in [1.54, 1.807) is 30.3 Å². The van der Waals surface area contributed by atoms with Crippen LogP contribution in [0.15, 0.2) is 42.5 Å². The van der Waals surface area contributed by atoms with Gasteiger partial charge < -0.3 is 10.8 Å². The second kappa shape index (κ2) is 5.41. The zero-order chi connectivity index (χ0) is 13.0. The second-order valence-electron chi connectivity index (χ2n) is 3.90. The number of carbonyl (C=O) groups excluding carboxylic acids is 1. The highest BCUT2D eigenvalue weighted by Gasteiger charge is 2.33. The number of nitrogens with two attached hydrogens (primary N) is 1. The van der Waals surface area contributed by atoms with E-state index >= 15 is 0 Å². The molecule has 0 saturated carbocycles. The Bertz CT molecular complexity index is 439. The Hall–Kier alpha value is -1.94. The van der Waals surface area contributed by atoms with E-state index in [4.69, 9.17) is 10.8 Å². The lowest BCUT2D eigenvalue weighted by atomic mass is 9.88. The summed E-state index contributed by atoms with van der Waals surface area (Å²) in [4.78, 5) is 22.9. The van der Waals surface area contributed by atoms with Gasteiger partial charge in [0, 0.05) is 0 Å². The van der Waals surface area contributed by atoms with Crippen molar-refractivity contribution in [3.05, 3.63) is 48.0 Å². The number of aliphatic carboxylic acids is 1. The molecule has 0 saturated heterocycles. The number of ketones is 1. The fourth-order valence-corrected chi connectivity index (χ4v) is 1.56. The molecule has 0 amide bonds. The van der Waals surface area contributed by atoms with Gasteiger partial charge in [-0.15, -0.1) is 0 Å². The highest BCUT2D eigenvalue weighted by Crippen LogP contribution is 2.22. The molecule has 4 nitrogen and oxygen atoms in total. The van der Waals surface area contributed by atoms with Crippen LogP contribution in [0.25, 0.3) is 0 Å². The standard InChI is InChI=1S/C13H15NO3/c1-8(2)12(15)10(13(16)17)11(14)9-6-4-3-5-7-9/h3-7,10-11H,1,14H2,2H3,(H,16,17). The molecule has 90 valence electrons. The van der Waals surface area contributed by atoms with Crippen molar-refractivity contribution >= 4 is 11.8 Å². The second-order valence-corrected chi connectivity index (χ2v) is 3.90. The minimum Gasteiger partial charge on any atom is -0.481 e. The SMILES string of the molecule is C=C(C)C(=O)C(C(=O)O)C(N)c1ccccc1. The zero-order valence-corrected chi connectivity index (χ0v) is 9.59. The van der Waals surface area contributed by atoms with Crippen LogP contribution in [-0.4, -0.2) is 16.9 Å². The molecule has 0 spiro atoms. The van der Waals surface area contributed by atoms with Crippen LogP contribution in [0.4, 0.5) is 0 Å². The maximum Gasteiger partial charge on any atom is 0.316 e. The van der Waals surface area contributed by atoms with Gasteiger partial charge in [-0.3, -0.25) is 9.59 Å². The Kier molecular flexibility index (Phi) is 4.17. The van der Waals surface area contributed by atoms with Crippen LogP contribution in [0.1, 0.15) is 18.5 Å². The molecule has 0 heterocycles. The number of allylic oxidation sites excluding steroid dienone is 1. The maximum absolute atomic E-state index is 11.7. The highest BCUT2D eigenvalue weighted by atomic mass is 16.4. The molecule has 1 rings (SSSR count). The van der Waals surface area contributed by atoms with E-state index < -0.39 is 23.7 Å². The molecular weight excluding hydrogens is 218 g/mol. The lowest BCUT2D eigenvalue weighted by Gasteiger charge is -2.19. The summed E-state index contributed by atoms with van der Waals surface area (Å²) < 4.78 is 0. The summed E-state index contributed by atoms with van der Waals surface area (Å²) >= 11 is 0. The first-order chi connectivity index (χ1) is 7.95. The normalized spacial score (nSPS) is 13.8. The fourth-order valence-electron chi connectivity index (χ4n) is 1.56. The van der Waals surface area contributed by atoms with Gasteiger partial charge in [0.1, 0.15) is 5.92 Å². The van der Waals surface area contributed by atoms with Crippen LogP contribution in [0.2, 0.25) is 0 Å². The van der Waals surface area contributed by atoms with E-state index in [1.165, 1.54) is 6.92 Å². The van der Waals surface area contributed by atoms with Crippen molar-refractivity contribution in [3.63, 3.8) is 0 Å². The average Bonchev–Trinajstić information content (AvgIpc) is 2.29. The van der Waals surface area contributed by atoms with Crippen LogP contribution in [0, 0.1) is 5.92 Å². The van der Waals surface area contributed by atoms with Crippen molar-refractivity contribution in [2.45, 2.75) is 13.0 Å². The summed E-state index contributed by atoms with van der Waals surface area (Å²) in [5, 5.41) is 9.08. The maximum atomic E-state index is 11.7. The molecule has 3 N–H and O–H groups in total. The molecule has 0 aliphatic heterocycles. The van der Waals surface area contributed by atoms with Crippen LogP contribution in [0.5, 0.6) is 0 Å². The predicted octanol–water partition coefficient (Wildman–Crippen LogP) is 1.53. The Morgan fingerprint density at radius 3 is 2.24 bits per heavy atom. The van der Waals surface area contributed by atoms with Gasteiger partial charge >= 0.3 is 5.97 Å². The first kappa shape index (κ1) is 13.1. The molecular formula is C13H15NO3. The highest BCUT2D eigenvalue weighted by molar-refractivity contribution is 6.07. The first-order valence-electron chi connectivity index (χ1n) is 5.18. The summed E-state index contributed by atoms with van der Waals surface area (Å²) in [5.41, 5.74) is 6.65. The first-order valence-corrected chi connectivity index (χ1v) is 5.18. The number of benzene rings is 1. The van der Waals surface area contributed by atoms with Crippen molar-refractivity contribution < 1.29 is 14.7 Å². The predicted molar refractivity (Wildman–Crippen MR) is 64.3 cm³/mol. The lowest BCUT2D eigenvalue weighted by Crippen LogP contribution is -2.35. The topological polar surface area (TPSA) is 80.4 Å². The van der Waals surface area contributed by atoms with Gasteiger partial charge in [0.25, 0.3) is 0 Å². The van der Waals surface area contributed by atoms with Crippen molar-refractivity contribution in [3.8, 4) is 0 Å². The number of hydrogen-bond acceptors (Lipinski definition) is 3. The number of Topliss-reactive ketones (excluding diaryl/α,β-unsaturated/α-hetero) is 1. The van der Waals surface area contributed by atoms with Gasteiger partial charge in [0.2, 0.25) is 0 Å². The van der Waals surface area contributed by atoms with E-state index in [1.807, 2.05) is 0 Å². The molecule has 1 aromatic rings. The van der Waals surface area contributed by atoms with Crippen LogP contribution >= 0.6 is 0 Å². The minimum absolute atomic E-state index is 0.198. The van der Waals surface area contributed by atoms with E-state index in [-0.39, 0.29) is 5.57 Å². The van der Waals surface area contributed by atoms with E-state index in [9.17, 15) is 9.59 Å². The lowest BCUT2D eigenvalue weighted by molar-refractivity contribution is -0.146. The van der Waals surface area contributed by atoms with Gasteiger partial charge in [-0.05, 0) is 18.1 Å². The molecule has 1 aromatic carbocycles. The number of carbonyl (C=O) groups is 2. The molecule has 0 aromatic heterocycles. The third-order valence-corrected chi connectivity index (χ3v) is 2.51. The largest absolute Gasteiger partial charge is 0.481 e. The zero-order valence-electron chi connectivity index (χ0n) is 9.59. The summed E-state index contributed by atoms with van der Waals surface area (Å²) in [5.74, 6) is -3.04. The molecule has 4 heteroatoms. The Labute approximate surface area is 99.8 Å². The smallest absolute Gasteiger partial charge is 0.316 e. The summed E-state index contributed by atoms with van der Waals surface area (Å²) in [6, 6.07) is 7.84. The molecule has 0 fully saturated rings. The summed E-state index contributed by atoms with van der Waals surface area (Å²) in [7, 11) is 0. The number of carboxylic acid groups (broad SMARTS) is 1. The van der Waals surface area contributed by atoms with Crippen LogP contribution in [0.3, 0.4) is 0 Å². The minimum atomic E-state index is -1.28. The van der Waals surface area contributed by atoms with Crippen molar-refractivity contribution in [1.82, 2.24) is 0 Å². The molecule has 0 aliphatic carbocycles. The summed E-state index contributed by atoms with van der Waals surface area (Å²) in [6.45, 7) is 4.95. The third kappa shape index (κ3) is 3.01. The molecule has 0 bridgehead atoms. The molecule has 0 aliphatic rings. The quantitative estimate of drug-likeness (QED) is 0.597. The number of hydrogen-bond donors (Lipinski definition) is 2. The van der Waals surface area contributed by atoms with E-state index in [2.05, 4.69) is 6.58 Å². The van der Waals surface area contributed by atoms with Crippen LogP contribution in [-0.2, 0) is 9.59 Å². The molecule has 0 radical (unpaired) electrons. The Morgan fingerprint density at radius 2 is 1.82 bits per heavy atom. The average molecular weight is 233 g/mol. The third-order valence-electron chi connectivity index (χ3n) is 2.51. The number of carboxylic acids is 1. The van der Waals surface area contributed by atoms with Crippen molar-refractivity contribution in [2.24, 2.45) is 11.7 Å².